The van der Waals surface area contributed by atoms with Gasteiger partial charge in [-0.1, -0.05) is 0 Å². The van der Waals surface area contributed by atoms with Crippen LogP contribution in [0.25, 0.3) is 0 Å². The first-order valence-electron chi connectivity index (χ1n) is 7.98. The van der Waals surface area contributed by atoms with Crippen LogP contribution in [0.15, 0.2) is 18.2 Å². The maximum atomic E-state index is 12.6. The molecule has 2 N–H and O–H groups in total. The van der Waals surface area contributed by atoms with Crippen molar-refractivity contribution in [1.82, 2.24) is 10.6 Å². The topological polar surface area (TPSA) is 59.6 Å². The number of ether oxygens (including phenoxy) is 2. The molecule has 0 radical (unpaired) electrons. The molecule has 1 aliphatic rings. The molecule has 0 spiro atoms. The Bertz CT molecular complexity index is 572. The van der Waals surface area contributed by atoms with E-state index in [0.29, 0.717) is 17.1 Å². The Morgan fingerprint density at radius 1 is 1.08 bits per heavy atom. The van der Waals surface area contributed by atoms with E-state index in [1.807, 2.05) is 0 Å². The second-order valence-electron chi connectivity index (χ2n) is 7.54. The molecule has 0 bridgehead atoms. The van der Waals surface area contributed by atoms with Gasteiger partial charge in [0.1, 0.15) is 0 Å². The Balaban J connectivity index is 0.00000288. The lowest BCUT2D eigenvalue weighted by molar-refractivity contribution is 0.0873. The summed E-state index contributed by atoms with van der Waals surface area (Å²) in [5.74, 6) is 1.10. The lowest BCUT2D eigenvalue weighted by Gasteiger charge is -2.46. The minimum atomic E-state index is -0.0792. The lowest BCUT2D eigenvalue weighted by atomic mass is 9.79. The number of methoxy groups -OCH3 is 2. The summed E-state index contributed by atoms with van der Waals surface area (Å²) in [5.41, 5.74) is 0.575. The second-order valence-corrected chi connectivity index (χ2v) is 7.54. The van der Waals surface area contributed by atoms with Gasteiger partial charge in [-0.05, 0) is 58.7 Å². The first kappa shape index (κ1) is 20.6. The normalized spacial score (nSPS) is 19.1. The Labute approximate surface area is 150 Å². The van der Waals surface area contributed by atoms with Gasteiger partial charge >= 0.3 is 0 Å². The van der Waals surface area contributed by atoms with Gasteiger partial charge in [0.25, 0.3) is 5.91 Å². The van der Waals surface area contributed by atoms with Crippen molar-refractivity contribution in [3.8, 4) is 11.5 Å². The van der Waals surface area contributed by atoms with Crippen molar-refractivity contribution in [2.75, 3.05) is 14.2 Å². The van der Waals surface area contributed by atoms with Crippen LogP contribution in [-0.4, -0.2) is 37.2 Å². The minimum absolute atomic E-state index is 0. The molecular weight excluding hydrogens is 328 g/mol. The number of carbonyl (C=O) groups is 1. The number of hydrogen-bond donors (Lipinski definition) is 2. The molecule has 0 aliphatic carbocycles. The summed E-state index contributed by atoms with van der Waals surface area (Å²) in [6.45, 7) is 8.68. The third kappa shape index (κ3) is 5.02. The minimum Gasteiger partial charge on any atom is -0.493 e. The van der Waals surface area contributed by atoms with E-state index in [4.69, 9.17) is 9.47 Å². The molecule has 0 aromatic heterocycles. The molecule has 6 heteroatoms. The molecule has 1 aromatic rings. The van der Waals surface area contributed by atoms with E-state index >= 15 is 0 Å². The average molecular weight is 357 g/mol. The van der Waals surface area contributed by atoms with Crippen LogP contribution in [0.3, 0.4) is 0 Å². The Morgan fingerprint density at radius 3 is 2.12 bits per heavy atom. The molecular formula is C18H29ClN2O3. The van der Waals surface area contributed by atoms with Gasteiger partial charge in [0, 0.05) is 22.7 Å². The molecule has 1 aliphatic heterocycles. The smallest absolute Gasteiger partial charge is 0.251 e. The fraction of sp³-hybridized carbons (Fsp3) is 0.611. The molecule has 1 saturated heterocycles. The third-order valence-electron chi connectivity index (χ3n) is 4.17. The van der Waals surface area contributed by atoms with Gasteiger partial charge in [-0.15, -0.1) is 12.4 Å². The highest BCUT2D eigenvalue weighted by molar-refractivity contribution is 5.95. The van der Waals surface area contributed by atoms with E-state index < -0.39 is 0 Å². The van der Waals surface area contributed by atoms with Gasteiger partial charge < -0.3 is 20.1 Å². The van der Waals surface area contributed by atoms with Gasteiger partial charge in [-0.3, -0.25) is 4.79 Å². The third-order valence-corrected chi connectivity index (χ3v) is 4.17. The summed E-state index contributed by atoms with van der Waals surface area (Å²) >= 11 is 0. The SMILES string of the molecule is COc1ccc(C(=O)NC2CC(C)(C)NC(C)(C)C2)cc1OC.Cl. The van der Waals surface area contributed by atoms with Crippen molar-refractivity contribution in [1.29, 1.82) is 0 Å². The number of halogens is 1. The molecule has 2 rings (SSSR count). The fourth-order valence-corrected chi connectivity index (χ4v) is 3.67. The van der Waals surface area contributed by atoms with Crippen molar-refractivity contribution < 1.29 is 14.3 Å². The average Bonchev–Trinajstić information content (AvgIpc) is 2.42. The van der Waals surface area contributed by atoms with Crippen molar-refractivity contribution in [3.05, 3.63) is 23.8 Å². The first-order chi connectivity index (χ1) is 10.7. The molecule has 0 unspecified atom stereocenters. The number of rotatable bonds is 4. The quantitative estimate of drug-likeness (QED) is 0.870. The number of hydrogen-bond acceptors (Lipinski definition) is 4. The van der Waals surface area contributed by atoms with Crippen molar-refractivity contribution in [2.45, 2.75) is 57.7 Å². The van der Waals surface area contributed by atoms with E-state index in [1.165, 1.54) is 0 Å². The summed E-state index contributed by atoms with van der Waals surface area (Å²) in [4.78, 5) is 12.6. The zero-order valence-corrected chi connectivity index (χ0v) is 16.2. The molecule has 0 saturated carbocycles. The maximum Gasteiger partial charge on any atom is 0.251 e. The standard InChI is InChI=1S/C18H28N2O3.ClH/c1-17(2)10-13(11-18(3,4)20-17)19-16(21)12-7-8-14(22-5)15(9-12)23-6;/h7-9,13,20H,10-11H2,1-6H3,(H,19,21);1H. The van der Waals surface area contributed by atoms with Gasteiger partial charge in [0.2, 0.25) is 0 Å². The maximum absolute atomic E-state index is 12.6. The number of benzene rings is 1. The molecule has 1 aromatic carbocycles. The Kier molecular flexibility index (Phi) is 6.53. The highest BCUT2D eigenvalue weighted by atomic mass is 35.5. The van der Waals surface area contributed by atoms with E-state index in [1.54, 1.807) is 32.4 Å². The Hall–Kier alpha value is -1.46. The van der Waals surface area contributed by atoms with E-state index in [9.17, 15) is 4.79 Å². The molecule has 136 valence electrons. The van der Waals surface area contributed by atoms with Crippen LogP contribution in [0.2, 0.25) is 0 Å². The van der Waals surface area contributed by atoms with Crippen LogP contribution in [0, 0.1) is 0 Å². The van der Waals surface area contributed by atoms with Crippen molar-refractivity contribution in [3.63, 3.8) is 0 Å². The monoisotopic (exact) mass is 356 g/mol. The van der Waals surface area contributed by atoms with Crippen molar-refractivity contribution in [2.24, 2.45) is 0 Å². The van der Waals surface area contributed by atoms with E-state index in [2.05, 4.69) is 38.3 Å². The molecule has 1 fully saturated rings. The van der Waals surface area contributed by atoms with Crippen LogP contribution < -0.4 is 20.1 Å². The summed E-state index contributed by atoms with van der Waals surface area (Å²) in [6.07, 6.45) is 1.80. The van der Waals surface area contributed by atoms with Crippen LogP contribution in [0.1, 0.15) is 50.9 Å². The predicted molar refractivity (Wildman–Crippen MR) is 98.6 cm³/mol. The van der Waals surface area contributed by atoms with Crippen molar-refractivity contribution >= 4 is 18.3 Å². The summed E-state index contributed by atoms with van der Waals surface area (Å²) < 4.78 is 10.5. The largest absolute Gasteiger partial charge is 0.493 e. The molecule has 5 nitrogen and oxygen atoms in total. The number of piperidine rings is 1. The summed E-state index contributed by atoms with van der Waals surface area (Å²) in [7, 11) is 3.15. The zero-order valence-electron chi connectivity index (χ0n) is 15.4. The highest BCUT2D eigenvalue weighted by Crippen LogP contribution is 2.30. The van der Waals surface area contributed by atoms with Gasteiger partial charge in [-0.25, -0.2) is 0 Å². The van der Waals surface area contributed by atoms with Crippen LogP contribution >= 0.6 is 12.4 Å². The Morgan fingerprint density at radius 2 is 1.62 bits per heavy atom. The second kappa shape index (κ2) is 7.62. The summed E-state index contributed by atoms with van der Waals surface area (Å²) in [5, 5.41) is 6.78. The van der Waals surface area contributed by atoms with E-state index in [-0.39, 0.29) is 35.4 Å². The van der Waals surface area contributed by atoms with Gasteiger partial charge in [0.15, 0.2) is 11.5 Å². The fourth-order valence-electron chi connectivity index (χ4n) is 3.67. The first-order valence-corrected chi connectivity index (χ1v) is 7.98. The molecule has 0 atom stereocenters. The number of nitrogens with one attached hydrogen (secondary N) is 2. The van der Waals surface area contributed by atoms with E-state index in [0.717, 1.165) is 12.8 Å². The number of carbonyl (C=O) groups excluding carboxylic acids is 1. The highest BCUT2D eigenvalue weighted by Gasteiger charge is 2.38. The van der Waals surface area contributed by atoms with Gasteiger partial charge in [-0.2, -0.15) is 0 Å². The summed E-state index contributed by atoms with van der Waals surface area (Å²) in [6, 6.07) is 5.37. The lowest BCUT2D eigenvalue weighted by Crippen LogP contribution is -2.62. The number of amides is 1. The molecule has 24 heavy (non-hydrogen) atoms. The van der Waals surface area contributed by atoms with Crippen LogP contribution in [0.4, 0.5) is 0 Å². The van der Waals surface area contributed by atoms with Crippen LogP contribution in [0.5, 0.6) is 11.5 Å². The zero-order chi connectivity index (χ0) is 17.3. The molecule has 1 heterocycles. The van der Waals surface area contributed by atoms with Gasteiger partial charge in [0.05, 0.1) is 14.2 Å². The predicted octanol–water partition coefficient (Wildman–Crippen LogP) is 3.16. The molecule has 1 amide bonds. The van der Waals surface area contributed by atoms with Crippen LogP contribution in [-0.2, 0) is 0 Å².